The minimum Gasteiger partial charge on any atom is -0.406 e. The van der Waals surface area contributed by atoms with Crippen molar-refractivity contribution in [3.8, 4) is 17.0 Å². The topological polar surface area (TPSA) is 37.4 Å². The lowest BCUT2D eigenvalue weighted by molar-refractivity contribution is -0.274. The standard InChI is InChI=1S/C20H18F3N3O.ClH/c21-20(22,23)27-15-6-7-16-18(12-15)25-17(14-4-2-1-3-5-14)13-19(16)26-10-8-24-9-11-26;/h1-7,12-13,24H,8-11H2;1H. The third kappa shape index (κ3) is 4.48. The van der Waals surface area contributed by atoms with E-state index in [1.54, 1.807) is 6.07 Å². The molecule has 1 aliphatic heterocycles. The molecule has 0 saturated carbocycles. The van der Waals surface area contributed by atoms with E-state index in [1.165, 1.54) is 12.1 Å². The molecule has 2 aromatic carbocycles. The molecule has 1 saturated heterocycles. The predicted molar refractivity (Wildman–Crippen MR) is 106 cm³/mol. The molecule has 1 aromatic heterocycles. The van der Waals surface area contributed by atoms with Gasteiger partial charge in [0.15, 0.2) is 0 Å². The van der Waals surface area contributed by atoms with Crippen LogP contribution in [0.1, 0.15) is 0 Å². The number of anilines is 1. The lowest BCUT2D eigenvalue weighted by Gasteiger charge is -2.30. The summed E-state index contributed by atoms with van der Waals surface area (Å²) in [5.74, 6) is -0.265. The predicted octanol–water partition coefficient (Wildman–Crippen LogP) is 4.63. The van der Waals surface area contributed by atoms with E-state index in [-0.39, 0.29) is 18.2 Å². The number of hydrogen-bond acceptors (Lipinski definition) is 4. The normalized spacial score (nSPS) is 14.6. The van der Waals surface area contributed by atoms with Gasteiger partial charge in [-0.15, -0.1) is 25.6 Å². The van der Waals surface area contributed by atoms with Gasteiger partial charge in [0.2, 0.25) is 0 Å². The van der Waals surface area contributed by atoms with E-state index in [4.69, 9.17) is 0 Å². The quantitative estimate of drug-likeness (QED) is 0.684. The summed E-state index contributed by atoms with van der Waals surface area (Å²) >= 11 is 0. The number of hydrogen-bond donors (Lipinski definition) is 1. The Morgan fingerprint density at radius 2 is 1.68 bits per heavy atom. The minimum absolute atomic E-state index is 0. The van der Waals surface area contributed by atoms with Crippen LogP contribution in [0, 0.1) is 0 Å². The zero-order valence-electron chi connectivity index (χ0n) is 14.9. The van der Waals surface area contributed by atoms with Crippen molar-refractivity contribution >= 4 is 29.0 Å². The molecule has 0 atom stereocenters. The van der Waals surface area contributed by atoms with Crippen molar-refractivity contribution in [2.75, 3.05) is 31.1 Å². The number of halogens is 4. The summed E-state index contributed by atoms with van der Waals surface area (Å²) in [4.78, 5) is 6.84. The van der Waals surface area contributed by atoms with Gasteiger partial charge in [-0.2, -0.15) is 0 Å². The van der Waals surface area contributed by atoms with Crippen molar-refractivity contribution in [2.24, 2.45) is 0 Å². The maximum absolute atomic E-state index is 12.6. The summed E-state index contributed by atoms with van der Waals surface area (Å²) in [7, 11) is 0. The first-order valence-electron chi connectivity index (χ1n) is 8.71. The molecule has 2 heterocycles. The van der Waals surface area contributed by atoms with Crippen LogP contribution in [-0.4, -0.2) is 37.5 Å². The molecule has 4 nitrogen and oxygen atoms in total. The van der Waals surface area contributed by atoms with E-state index in [9.17, 15) is 13.2 Å². The van der Waals surface area contributed by atoms with Crippen LogP contribution in [0.4, 0.5) is 18.9 Å². The number of nitrogens with one attached hydrogen (secondary N) is 1. The summed E-state index contributed by atoms with van der Waals surface area (Å²) in [5, 5.41) is 4.12. The van der Waals surface area contributed by atoms with Crippen LogP contribution >= 0.6 is 12.4 Å². The number of piperazine rings is 1. The lowest BCUT2D eigenvalue weighted by Crippen LogP contribution is -2.43. The van der Waals surface area contributed by atoms with Gasteiger partial charge in [-0.1, -0.05) is 30.3 Å². The van der Waals surface area contributed by atoms with Crippen LogP contribution in [0.15, 0.2) is 54.6 Å². The highest BCUT2D eigenvalue weighted by Crippen LogP contribution is 2.34. The monoisotopic (exact) mass is 409 g/mol. The van der Waals surface area contributed by atoms with Crippen LogP contribution in [0.3, 0.4) is 0 Å². The fraction of sp³-hybridized carbons (Fsp3) is 0.250. The molecular formula is C20H19ClF3N3O. The van der Waals surface area contributed by atoms with Gasteiger partial charge in [0.05, 0.1) is 11.2 Å². The van der Waals surface area contributed by atoms with E-state index in [2.05, 4.69) is 19.9 Å². The van der Waals surface area contributed by atoms with Crippen molar-refractivity contribution in [1.29, 1.82) is 0 Å². The van der Waals surface area contributed by atoms with Gasteiger partial charge in [-0.3, -0.25) is 0 Å². The van der Waals surface area contributed by atoms with E-state index >= 15 is 0 Å². The van der Waals surface area contributed by atoms with Crippen molar-refractivity contribution in [1.82, 2.24) is 10.3 Å². The van der Waals surface area contributed by atoms with Crippen LogP contribution in [0.25, 0.3) is 22.2 Å². The highest BCUT2D eigenvalue weighted by molar-refractivity contribution is 5.95. The Kier molecular flexibility index (Phi) is 5.96. The maximum atomic E-state index is 12.6. The highest BCUT2D eigenvalue weighted by atomic mass is 35.5. The maximum Gasteiger partial charge on any atom is 0.573 e. The summed E-state index contributed by atoms with van der Waals surface area (Å²) < 4.78 is 41.9. The SMILES string of the molecule is Cl.FC(F)(F)Oc1ccc2c(N3CCNCC3)cc(-c3ccccc3)nc2c1. The number of rotatable bonds is 3. The van der Waals surface area contributed by atoms with Gasteiger partial charge in [0.25, 0.3) is 0 Å². The molecule has 1 fully saturated rings. The molecule has 0 amide bonds. The smallest absolute Gasteiger partial charge is 0.406 e. The van der Waals surface area contributed by atoms with Crippen LogP contribution in [0.5, 0.6) is 5.75 Å². The van der Waals surface area contributed by atoms with E-state index in [0.29, 0.717) is 5.52 Å². The zero-order valence-corrected chi connectivity index (χ0v) is 15.7. The van der Waals surface area contributed by atoms with Crippen molar-refractivity contribution in [3.63, 3.8) is 0 Å². The molecular weight excluding hydrogens is 391 g/mol. The number of benzene rings is 2. The second kappa shape index (κ2) is 8.24. The van der Waals surface area contributed by atoms with Crippen LogP contribution < -0.4 is 15.0 Å². The van der Waals surface area contributed by atoms with Crippen molar-refractivity contribution in [2.45, 2.75) is 6.36 Å². The molecule has 0 spiro atoms. The van der Waals surface area contributed by atoms with Crippen molar-refractivity contribution < 1.29 is 17.9 Å². The second-order valence-electron chi connectivity index (χ2n) is 6.36. The molecule has 148 valence electrons. The number of fused-ring (bicyclic) bond motifs is 1. The number of ether oxygens (including phenoxy) is 1. The first kappa shape index (κ1) is 20.2. The van der Waals surface area contributed by atoms with Gasteiger partial charge >= 0.3 is 6.36 Å². The van der Waals surface area contributed by atoms with Crippen LogP contribution in [0.2, 0.25) is 0 Å². The molecule has 3 aromatic rings. The zero-order chi connectivity index (χ0) is 18.9. The first-order chi connectivity index (χ1) is 13.0. The fourth-order valence-electron chi connectivity index (χ4n) is 3.31. The third-order valence-corrected chi connectivity index (χ3v) is 4.52. The number of pyridine rings is 1. The Hall–Kier alpha value is -2.51. The number of alkyl halides is 3. The molecule has 28 heavy (non-hydrogen) atoms. The number of aromatic nitrogens is 1. The average molecular weight is 410 g/mol. The summed E-state index contributed by atoms with van der Waals surface area (Å²) in [6, 6.07) is 16.0. The fourth-order valence-corrected chi connectivity index (χ4v) is 3.31. The Balaban J connectivity index is 0.00000225. The molecule has 0 radical (unpaired) electrons. The van der Waals surface area contributed by atoms with Gasteiger partial charge in [-0.25, -0.2) is 4.98 Å². The van der Waals surface area contributed by atoms with E-state index in [1.807, 2.05) is 36.4 Å². The molecule has 0 aliphatic carbocycles. The third-order valence-electron chi connectivity index (χ3n) is 4.52. The van der Waals surface area contributed by atoms with E-state index < -0.39 is 6.36 Å². The molecule has 8 heteroatoms. The van der Waals surface area contributed by atoms with Gasteiger partial charge in [0.1, 0.15) is 5.75 Å². The Bertz CT molecular complexity index is 945. The van der Waals surface area contributed by atoms with E-state index in [0.717, 1.165) is 48.5 Å². The van der Waals surface area contributed by atoms with Gasteiger partial charge in [-0.05, 0) is 18.2 Å². The summed E-state index contributed by atoms with van der Waals surface area (Å²) in [5.41, 5.74) is 3.09. The minimum atomic E-state index is -4.73. The second-order valence-corrected chi connectivity index (χ2v) is 6.36. The first-order valence-corrected chi connectivity index (χ1v) is 8.71. The largest absolute Gasteiger partial charge is 0.573 e. The Morgan fingerprint density at radius 1 is 0.964 bits per heavy atom. The Labute approximate surface area is 166 Å². The van der Waals surface area contributed by atoms with Crippen LogP contribution in [-0.2, 0) is 0 Å². The molecule has 4 rings (SSSR count). The van der Waals surface area contributed by atoms with Gasteiger partial charge in [0, 0.05) is 48.9 Å². The van der Waals surface area contributed by atoms with Crippen molar-refractivity contribution in [3.05, 3.63) is 54.6 Å². The lowest BCUT2D eigenvalue weighted by atomic mass is 10.1. The molecule has 1 aliphatic rings. The molecule has 1 N–H and O–H groups in total. The summed E-state index contributed by atoms with van der Waals surface area (Å²) in [6.45, 7) is 3.38. The highest BCUT2D eigenvalue weighted by Gasteiger charge is 2.31. The average Bonchev–Trinajstić information content (AvgIpc) is 2.67. The molecule has 0 bridgehead atoms. The Morgan fingerprint density at radius 3 is 2.36 bits per heavy atom. The van der Waals surface area contributed by atoms with Gasteiger partial charge < -0.3 is 15.0 Å². The summed E-state index contributed by atoms with van der Waals surface area (Å²) in [6.07, 6.45) is -4.73. The number of nitrogens with zero attached hydrogens (tertiary/aromatic N) is 2. The molecule has 0 unspecified atom stereocenters.